The summed E-state index contributed by atoms with van der Waals surface area (Å²) in [5.41, 5.74) is 1.65. The number of rotatable bonds is 5. The van der Waals surface area contributed by atoms with E-state index >= 15 is 0 Å². The quantitative estimate of drug-likeness (QED) is 0.795. The first-order chi connectivity index (χ1) is 12.8. The van der Waals surface area contributed by atoms with Gasteiger partial charge in [-0.1, -0.05) is 49.2 Å². The number of nitrogens with zero attached hydrogens (tertiary/aromatic N) is 2. The second-order valence-electron chi connectivity index (χ2n) is 6.70. The Labute approximate surface area is 155 Å². The molecule has 0 aromatic heterocycles. The lowest BCUT2D eigenvalue weighted by Gasteiger charge is -2.24. The van der Waals surface area contributed by atoms with Crippen molar-refractivity contribution in [3.8, 4) is 0 Å². The van der Waals surface area contributed by atoms with Crippen LogP contribution >= 0.6 is 0 Å². The van der Waals surface area contributed by atoms with Gasteiger partial charge in [-0.25, -0.2) is 0 Å². The zero-order valence-electron chi connectivity index (χ0n) is 15.1. The Morgan fingerprint density at radius 1 is 0.731 bits per heavy atom. The first kappa shape index (κ1) is 18.2. The number of carbonyl (C=O) groups is 2. The van der Waals surface area contributed by atoms with Crippen molar-refractivity contribution in [3.63, 3.8) is 0 Å². The molecule has 0 spiro atoms. The molecule has 26 heavy (non-hydrogen) atoms. The lowest BCUT2D eigenvalue weighted by atomic mass is 10.2. The van der Waals surface area contributed by atoms with Gasteiger partial charge in [0.1, 0.15) is 0 Å². The minimum absolute atomic E-state index is 0.0504. The molecular weight excluding hydrogens is 324 g/mol. The van der Waals surface area contributed by atoms with Crippen molar-refractivity contribution >= 4 is 23.2 Å². The Kier molecular flexibility index (Phi) is 6.42. The highest BCUT2D eigenvalue weighted by atomic mass is 16.2. The maximum Gasteiger partial charge on any atom is 0.232 e. The number of amides is 2. The molecule has 0 saturated carbocycles. The fourth-order valence-corrected chi connectivity index (χ4v) is 3.40. The molecule has 1 fully saturated rings. The summed E-state index contributed by atoms with van der Waals surface area (Å²) in [7, 11) is 0. The van der Waals surface area contributed by atoms with Gasteiger partial charge in [0.05, 0.1) is 0 Å². The highest BCUT2D eigenvalue weighted by Gasteiger charge is 2.21. The van der Waals surface area contributed by atoms with Crippen molar-refractivity contribution < 1.29 is 9.59 Å². The van der Waals surface area contributed by atoms with Crippen LogP contribution in [-0.2, 0) is 9.59 Å². The van der Waals surface area contributed by atoms with E-state index in [4.69, 9.17) is 0 Å². The van der Waals surface area contributed by atoms with E-state index < -0.39 is 0 Å². The fraction of sp³-hybridized carbons (Fsp3) is 0.364. The molecule has 1 saturated heterocycles. The van der Waals surface area contributed by atoms with Crippen LogP contribution in [0.3, 0.4) is 0 Å². The lowest BCUT2D eigenvalue weighted by molar-refractivity contribution is -0.133. The van der Waals surface area contributed by atoms with Gasteiger partial charge in [-0.3, -0.25) is 14.5 Å². The molecule has 4 heteroatoms. The molecule has 0 atom stereocenters. The molecule has 2 aromatic rings. The van der Waals surface area contributed by atoms with Gasteiger partial charge in [0, 0.05) is 37.3 Å². The number of para-hydroxylation sites is 2. The van der Waals surface area contributed by atoms with Gasteiger partial charge in [-0.15, -0.1) is 0 Å². The van der Waals surface area contributed by atoms with Crippen molar-refractivity contribution in [2.24, 2.45) is 0 Å². The third kappa shape index (κ3) is 4.72. The summed E-state index contributed by atoms with van der Waals surface area (Å²) in [5, 5.41) is 0. The van der Waals surface area contributed by atoms with Crippen molar-refractivity contribution in [2.75, 3.05) is 18.0 Å². The number of carbonyl (C=O) groups excluding carboxylic acids is 2. The molecular formula is C22H26N2O2. The number of anilines is 2. The summed E-state index contributed by atoms with van der Waals surface area (Å²) in [4.78, 5) is 29.1. The molecule has 1 aliphatic heterocycles. The first-order valence-corrected chi connectivity index (χ1v) is 9.46. The summed E-state index contributed by atoms with van der Waals surface area (Å²) >= 11 is 0. The second-order valence-corrected chi connectivity index (χ2v) is 6.70. The smallest absolute Gasteiger partial charge is 0.232 e. The maximum absolute atomic E-state index is 13.0. The molecule has 136 valence electrons. The van der Waals surface area contributed by atoms with E-state index in [1.165, 1.54) is 12.8 Å². The summed E-state index contributed by atoms with van der Waals surface area (Å²) < 4.78 is 0. The van der Waals surface area contributed by atoms with Gasteiger partial charge >= 0.3 is 0 Å². The normalized spacial score (nSPS) is 14.5. The molecule has 3 rings (SSSR count). The number of likely N-dealkylation sites (tertiary alicyclic amines) is 1. The van der Waals surface area contributed by atoms with Crippen molar-refractivity contribution in [3.05, 3.63) is 60.7 Å². The van der Waals surface area contributed by atoms with E-state index in [1.54, 1.807) is 4.90 Å². The van der Waals surface area contributed by atoms with Crippen LogP contribution in [0.25, 0.3) is 0 Å². The van der Waals surface area contributed by atoms with Crippen LogP contribution in [0.2, 0.25) is 0 Å². The Morgan fingerprint density at radius 2 is 1.23 bits per heavy atom. The van der Waals surface area contributed by atoms with Crippen LogP contribution in [0, 0.1) is 0 Å². The van der Waals surface area contributed by atoms with Crippen molar-refractivity contribution in [1.82, 2.24) is 4.90 Å². The summed E-state index contributed by atoms with van der Waals surface area (Å²) in [5.74, 6) is 0.0481. The van der Waals surface area contributed by atoms with Gasteiger partial charge < -0.3 is 4.90 Å². The Hall–Kier alpha value is -2.62. The van der Waals surface area contributed by atoms with Gasteiger partial charge in [-0.2, -0.15) is 0 Å². The van der Waals surface area contributed by atoms with Gasteiger partial charge in [0.25, 0.3) is 0 Å². The molecule has 0 aliphatic carbocycles. The largest absolute Gasteiger partial charge is 0.343 e. The van der Waals surface area contributed by atoms with Crippen LogP contribution in [0.1, 0.15) is 38.5 Å². The lowest BCUT2D eigenvalue weighted by Crippen LogP contribution is -2.33. The Bertz CT molecular complexity index is 668. The fourth-order valence-electron chi connectivity index (χ4n) is 3.40. The highest BCUT2D eigenvalue weighted by molar-refractivity contribution is 6.01. The predicted octanol–water partition coefficient (Wildman–Crippen LogP) is 4.53. The van der Waals surface area contributed by atoms with E-state index in [0.29, 0.717) is 0 Å². The molecule has 2 amide bonds. The Morgan fingerprint density at radius 3 is 1.73 bits per heavy atom. The number of hydrogen-bond acceptors (Lipinski definition) is 2. The minimum atomic E-state index is -0.0504. The van der Waals surface area contributed by atoms with E-state index in [-0.39, 0.29) is 24.7 Å². The summed E-state index contributed by atoms with van der Waals surface area (Å²) in [6, 6.07) is 19.2. The topological polar surface area (TPSA) is 40.6 Å². The summed E-state index contributed by atoms with van der Waals surface area (Å²) in [6.07, 6.45) is 5.02. The highest BCUT2D eigenvalue weighted by Crippen LogP contribution is 2.26. The maximum atomic E-state index is 13.0. The van der Waals surface area contributed by atoms with Gasteiger partial charge in [0.2, 0.25) is 11.8 Å². The molecule has 0 radical (unpaired) electrons. The Balaban J connectivity index is 1.69. The van der Waals surface area contributed by atoms with E-state index in [0.717, 1.165) is 37.3 Å². The van der Waals surface area contributed by atoms with Gasteiger partial charge in [-0.05, 0) is 37.1 Å². The van der Waals surface area contributed by atoms with E-state index in [9.17, 15) is 9.59 Å². The molecule has 0 unspecified atom stereocenters. The van der Waals surface area contributed by atoms with Crippen LogP contribution in [0.5, 0.6) is 0 Å². The van der Waals surface area contributed by atoms with Gasteiger partial charge in [0.15, 0.2) is 0 Å². The van der Waals surface area contributed by atoms with E-state index in [1.807, 2.05) is 65.6 Å². The average Bonchev–Trinajstić information content (AvgIpc) is 2.98. The molecule has 1 heterocycles. The minimum Gasteiger partial charge on any atom is -0.343 e. The predicted molar refractivity (Wildman–Crippen MR) is 104 cm³/mol. The van der Waals surface area contributed by atoms with Crippen molar-refractivity contribution in [1.29, 1.82) is 0 Å². The molecule has 1 aliphatic rings. The van der Waals surface area contributed by atoms with E-state index in [2.05, 4.69) is 0 Å². The molecule has 4 nitrogen and oxygen atoms in total. The van der Waals surface area contributed by atoms with Crippen LogP contribution < -0.4 is 4.90 Å². The number of hydrogen-bond donors (Lipinski definition) is 0. The van der Waals surface area contributed by atoms with Crippen LogP contribution in [0.4, 0.5) is 11.4 Å². The zero-order valence-corrected chi connectivity index (χ0v) is 15.1. The second kappa shape index (κ2) is 9.18. The zero-order chi connectivity index (χ0) is 18.2. The molecule has 2 aromatic carbocycles. The number of benzene rings is 2. The standard InChI is InChI=1S/C22H26N2O2/c25-21(23-17-9-1-2-10-18-23)15-16-22(26)24(19-11-5-3-6-12-19)20-13-7-4-8-14-20/h3-8,11-14H,1-2,9-10,15-18H2. The third-order valence-electron chi connectivity index (χ3n) is 4.79. The SMILES string of the molecule is O=C(CCC(=O)N(c1ccccc1)c1ccccc1)N1CCCCCC1. The summed E-state index contributed by atoms with van der Waals surface area (Å²) in [6.45, 7) is 1.65. The molecule has 0 bridgehead atoms. The monoisotopic (exact) mass is 350 g/mol. The average molecular weight is 350 g/mol. The van der Waals surface area contributed by atoms with Crippen molar-refractivity contribution in [2.45, 2.75) is 38.5 Å². The molecule has 0 N–H and O–H groups in total. The van der Waals surface area contributed by atoms with Crippen LogP contribution in [-0.4, -0.2) is 29.8 Å². The first-order valence-electron chi connectivity index (χ1n) is 9.46. The van der Waals surface area contributed by atoms with Crippen LogP contribution in [0.15, 0.2) is 60.7 Å². The third-order valence-corrected chi connectivity index (χ3v) is 4.79.